The lowest BCUT2D eigenvalue weighted by atomic mass is 9.55. The highest BCUT2D eigenvalue weighted by molar-refractivity contribution is 6.03. The van der Waals surface area contributed by atoms with E-state index in [9.17, 15) is 29.9 Å². The monoisotopic (exact) mass is 827 g/mol. The average molecular weight is 828 g/mol. The van der Waals surface area contributed by atoms with Crippen molar-refractivity contribution in [2.75, 3.05) is 41.1 Å². The van der Waals surface area contributed by atoms with Crippen molar-refractivity contribution >= 4 is 23.8 Å². The van der Waals surface area contributed by atoms with E-state index in [-0.39, 0.29) is 56.3 Å². The van der Waals surface area contributed by atoms with E-state index >= 15 is 0 Å². The van der Waals surface area contributed by atoms with Gasteiger partial charge in [-0.25, -0.2) is 4.79 Å². The molecule has 2 aliphatic carbocycles. The summed E-state index contributed by atoms with van der Waals surface area (Å²) in [7, 11) is 4.43. The molecule has 60 heavy (non-hydrogen) atoms. The van der Waals surface area contributed by atoms with Crippen molar-refractivity contribution in [3.63, 3.8) is 0 Å². The summed E-state index contributed by atoms with van der Waals surface area (Å²) in [5, 5.41) is 35.7. The number of non-ortho nitro benzene ring substituents is 1. The summed E-state index contributed by atoms with van der Waals surface area (Å²) in [5.41, 5.74) is 3.22. The summed E-state index contributed by atoms with van der Waals surface area (Å²) >= 11 is 0. The number of nitro groups is 1. The van der Waals surface area contributed by atoms with Crippen LogP contribution >= 0.6 is 0 Å². The molecule has 15 heteroatoms. The third-order valence-electron chi connectivity index (χ3n) is 11.7. The molecule has 1 heterocycles. The van der Waals surface area contributed by atoms with E-state index in [1.807, 2.05) is 12.1 Å². The van der Waals surface area contributed by atoms with Crippen molar-refractivity contribution in [3.8, 4) is 23.0 Å². The van der Waals surface area contributed by atoms with Crippen molar-refractivity contribution in [3.05, 3.63) is 112 Å². The first-order valence-corrected chi connectivity index (χ1v) is 20.2. The molecule has 1 saturated carbocycles. The maximum Gasteiger partial charge on any atom is 0.409 e. The molecule has 0 bridgehead atoms. The smallest absolute Gasteiger partial charge is 0.409 e. The maximum atomic E-state index is 13.5. The van der Waals surface area contributed by atoms with Crippen LogP contribution in [0.15, 0.2) is 90.1 Å². The second kappa shape index (κ2) is 20.0. The van der Waals surface area contributed by atoms with Gasteiger partial charge in [0, 0.05) is 50.3 Å². The number of oxime groups is 1. The number of hydrogen-bond donors (Lipinski definition) is 2. The van der Waals surface area contributed by atoms with Gasteiger partial charge in [-0.05, 0) is 97.2 Å². The first-order valence-electron chi connectivity index (χ1n) is 20.2. The summed E-state index contributed by atoms with van der Waals surface area (Å²) in [6.45, 7) is 4.16. The van der Waals surface area contributed by atoms with Gasteiger partial charge < -0.3 is 43.6 Å². The molecule has 320 valence electrons. The van der Waals surface area contributed by atoms with Crippen LogP contribution in [0, 0.1) is 27.9 Å². The van der Waals surface area contributed by atoms with Gasteiger partial charge in [-0.2, -0.15) is 0 Å². The second-order valence-electron chi connectivity index (χ2n) is 15.2. The molecule has 2 N–H and O–H groups in total. The van der Waals surface area contributed by atoms with E-state index in [0.717, 1.165) is 36.8 Å². The van der Waals surface area contributed by atoms with Crippen molar-refractivity contribution in [1.29, 1.82) is 0 Å². The number of unbranched alkanes of at least 4 members (excludes halogenated alkanes) is 2. The highest BCUT2D eigenvalue weighted by atomic mass is 16.7. The number of carbonyl (C=O) groups excluding carboxylic acids is 2. The number of carbonyl (C=O) groups is 2. The van der Waals surface area contributed by atoms with Gasteiger partial charge in [0.2, 0.25) is 5.79 Å². The predicted molar refractivity (Wildman–Crippen MR) is 221 cm³/mol. The normalized spacial score (nSPS) is 23.2. The number of benzene rings is 3. The molecular weight excluding hydrogens is 775 g/mol. The van der Waals surface area contributed by atoms with Crippen LogP contribution in [0.3, 0.4) is 0 Å². The highest BCUT2D eigenvalue weighted by Crippen LogP contribution is 2.62. The van der Waals surface area contributed by atoms with Crippen LogP contribution < -0.4 is 14.2 Å². The Balaban J connectivity index is 1.53. The number of aliphatic hydroxyl groups excluding tert-OH is 2. The largest absolute Gasteiger partial charge is 0.496 e. The van der Waals surface area contributed by atoms with Gasteiger partial charge >= 0.3 is 6.09 Å². The number of amides is 1. The van der Waals surface area contributed by atoms with Crippen molar-refractivity contribution in [2.45, 2.75) is 69.3 Å². The summed E-state index contributed by atoms with van der Waals surface area (Å²) in [6.07, 6.45) is 8.33. The molecule has 6 rings (SSSR count). The van der Waals surface area contributed by atoms with Crippen LogP contribution in [0.5, 0.6) is 23.0 Å². The number of nitrogens with zero attached hydrogens (tertiary/aromatic N) is 3. The molecule has 3 aliphatic rings. The zero-order valence-corrected chi connectivity index (χ0v) is 34.2. The number of aldehydes is 1. The van der Waals surface area contributed by atoms with E-state index < -0.39 is 28.8 Å². The number of fused-ring (bicyclic) bond motifs is 2. The molecule has 0 radical (unpaired) electrons. The molecule has 3 aromatic rings. The van der Waals surface area contributed by atoms with Gasteiger partial charge in [-0.3, -0.25) is 14.9 Å². The minimum absolute atomic E-state index is 0.00869. The predicted octanol–water partition coefficient (Wildman–Crippen LogP) is 7.74. The molecule has 3 aromatic carbocycles. The van der Waals surface area contributed by atoms with Crippen molar-refractivity contribution in [1.82, 2.24) is 4.90 Å². The Kier molecular flexibility index (Phi) is 14.6. The number of hydrogen-bond acceptors (Lipinski definition) is 13. The molecule has 0 spiro atoms. The minimum Gasteiger partial charge on any atom is -0.496 e. The third-order valence-corrected chi connectivity index (χ3v) is 11.7. The molecular formula is C45H53N3O12. The zero-order chi connectivity index (χ0) is 42.8. The molecule has 6 atom stereocenters. The van der Waals surface area contributed by atoms with Crippen molar-refractivity contribution in [2.24, 2.45) is 22.9 Å². The van der Waals surface area contributed by atoms with E-state index in [2.05, 4.69) is 12.7 Å². The molecule has 0 aromatic heterocycles. The standard InChI is InChI=1S/C45H53N3O12/c1-5-22-57-45-41(47(2)44(52)56-4)26-38(46-58-28-29-12-14-32(15-13-29)48(53)54)36-24-30(10-6-8-20-49)35(11-7-9-21-50)42(43(36)45)37-25-34(17-19-40(37)60-45)59-33-16-18-39(55-3)31(23-33)27-51/h5,12-19,23-25,27,30,35,41-43,49-50H,1,6-11,20-22,26,28H2,2-4H3. The van der Waals surface area contributed by atoms with Crippen LogP contribution in [0.4, 0.5) is 10.5 Å². The summed E-state index contributed by atoms with van der Waals surface area (Å²) < 4.78 is 30.9. The molecule has 1 amide bonds. The minimum atomic E-state index is -1.47. The molecule has 15 nitrogen and oxygen atoms in total. The Morgan fingerprint density at radius 2 is 1.75 bits per heavy atom. The van der Waals surface area contributed by atoms with Gasteiger partial charge in [0.25, 0.3) is 5.69 Å². The first-order chi connectivity index (χ1) is 29.1. The fourth-order valence-corrected chi connectivity index (χ4v) is 8.97. The van der Waals surface area contributed by atoms with Crippen LogP contribution in [0.1, 0.15) is 72.3 Å². The molecule has 6 unspecified atom stereocenters. The Morgan fingerprint density at radius 1 is 1.03 bits per heavy atom. The van der Waals surface area contributed by atoms with E-state index in [1.54, 1.807) is 49.5 Å². The van der Waals surface area contributed by atoms with E-state index in [1.165, 1.54) is 31.3 Å². The van der Waals surface area contributed by atoms with Crippen LogP contribution in [0.25, 0.3) is 0 Å². The fraction of sp³-hybridized carbons (Fsp3) is 0.444. The molecule has 1 aliphatic heterocycles. The quantitative estimate of drug-likeness (QED) is 0.0371. The third kappa shape index (κ3) is 9.18. The number of likely N-dealkylation sites (N-methyl/N-ethyl adjacent to an activating group) is 1. The number of ether oxygens (including phenoxy) is 5. The zero-order valence-electron chi connectivity index (χ0n) is 34.2. The molecule has 0 saturated heterocycles. The van der Waals surface area contributed by atoms with E-state index in [0.29, 0.717) is 59.0 Å². The van der Waals surface area contributed by atoms with Gasteiger partial charge in [-0.15, -0.1) is 6.58 Å². The summed E-state index contributed by atoms with van der Waals surface area (Å²) in [6, 6.07) is 15.8. The van der Waals surface area contributed by atoms with Gasteiger partial charge in [-0.1, -0.05) is 30.1 Å². The van der Waals surface area contributed by atoms with Crippen LogP contribution in [-0.2, 0) is 20.9 Å². The van der Waals surface area contributed by atoms with Gasteiger partial charge in [0.1, 0.15) is 35.6 Å². The summed E-state index contributed by atoms with van der Waals surface area (Å²) in [4.78, 5) is 43.6. The lowest BCUT2D eigenvalue weighted by molar-refractivity contribution is -0.384. The van der Waals surface area contributed by atoms with E-state index in [4.69, 9.17) is 33.7 Å². The van der Waals surface area contributed by atoms with Crippen LogP contribution in [-0.4, -0.2) is 91.0 Å². The lowest BCUT2D eigenvalue weighted by Gasteiger charge is -2.59. The van der Waals surface area contributed by atoms with Crippen molar-refractivity contribution < 1.29 is 53.2 Å². The fourth-order valence-electron chi connectivity index (χ4n) is 8.97. The number of allylic oxidation sites excluding steroid dienone is 1. The highest BCUT2D eigenvalue weighted by Gasteiger charge is 2.65. The maximum absolute atomic E-state index is 13.5. The van der Waals surface area contributed by atoms with Crippen LogP contribution in [0.2, 0.25) is 0 Å². The second-order valence-corrected chi connectivity index (χ2v) is 15.2. The summed E-state index contributed by atoms with van der Waals surface area (Å²) in [5.74, 6) is -0.493. The number of methoxy groups -OCH3 is 2. The Labute approximate surface area is 349 Å². The Hall–Kier alpha value is -5.77. The number of aliphatic hydroxyl groups is 2. The van der Waals surface area contributed by atoms with Gasteiger partial charge in [0.05, 0.1) is 42.9 Å². The molecule has 1 fully saturated rings. The Bertz CT molecular complexity index is 2070. The SMILES string of the molecule is C=CCOC12Oc3ccc(Oc4ccc(OC)c(C=O)c4)cc3C3C(CCCCO)C(CCCCO)C=C(C(=NOCc4ccc([N+](=O)[O-])cc4)CC1N(C)C(=O)OC)C32. The number of nitro benzene ring substituents is 1. The topological polar surface area (TPSA) is 189 Å². The first kappa shape index (κ1) is 43.8. The number of rotatable bonds is 20. The lowest BCUT2D eigenvalue weighted by Crippen LogP contribution is -2.69. The van der Waals surface area contributed by atoms with Gasteiger partial charge in [0.15, 0.2) is 6.29 Å². The Morgan fingerprint density at radius 3 is 2.42 bits per heavy atom. The average Bonchev–Trinajstić information content (AvgIpc) is 3.26.